The van der Waals surface area contributed by atoms with Crippen LogP contribution in [0.1, 0.15) is 55.9 Å². The van der Waals surface area contributed by atoms with Crippen LogP contribution in [0, 0.1) is 12.8 Å². The van der Waals surface area contributed by atoms with Crippen LogP contribution in [0.5, 0.6) is 0 Å². The van der Waals surface area contributed by atoms with Crippen molar-refractivity contribution in [2.75, 3.05) is 6.61 Å². The molecule has 0 aliphatic heterocycles. The van der Waals surface area contributed by atoms with Gasteiger partial charge in [-0.25, -0.2) is 4.98 Å². The summed E-state index contributed by atoms with van der Waals surface area (Å²) in [5.41, 5.74) is 0.615. The van der Waals surface area contributed by atoms with Crippen molar-refractivity contribution in [2.45, 2.75) is 51.9 Å². The van der Waals surface area contributed by atoms with Crippen LogP contribution in [0.2, 0.25) is 0 Å². The quantitative estimate of drug-likeness (QED) is 0.839. The van der Waals surface area contributed by atoms with E-state index < -0.39 is 5.97 Å². The number of carbonyl (C=O) groups is 2. The Balaban J connectivity index is 1.99. The van der Waals surface area contributed by atoms with Gasteiger partial charge in [0.05, 0.1) is 24.6 Å². The molecule has 1 aliphatic carbocycles. The fraction of sp³-hybridized carbons (Fsp3) is 0.667. The number of hydrogen-bond acceptors (Lipinski definition) is 5. The number of oxazole rings is 1. The van der Waals surface area contributed by atoms with Crippen molar-refractivity contribution < 1.29 is 23.8 Å². The first kappa shape index (κ1) is 15.5. The number of ether oxygens (including phenoxy) is 1. The Hall–Kier alpha value is -1.85. The normalized spacial score (nSPS) is 22.0. The number of carbonyl (C=O) groups excluding carboxylic acids is 1. The maximum atomic E-state index is 11.5. The van der Waals surface area contributed by atoms with Gasteiger partial charge in [-0.3, -0.25) is 9.59 Å². The van der Waals surface area contributed by atoms with Crippen molar-refractivity contribution >= 4 is 11.9 Å². The first-order valence-electron chi connectivity index (χ1n) is 7.35. The number of carboxylic acids is 1. The molecule has 1 heterocycles. The van der Waals surface area contributed by atoms with E-state index in [-0.39, 0.29) is 24.2 Å². The Morgan fingerprint density at radius 2 is 2.00 bits per heavy atom. The molecule has 0 unspecified atom stereocenters. The van der Waals surface area contributed by atoms with Gasteiger partial charge in [0.1, 0.15) is 5.76 Å². The molecule has 21 heavy (non-hydrogen) atoms. The van der Waals surface area contributed by atoms with Crippen LogP contribution in [0.25, 0.3) is 0 Å². The summed E-state index contributed by atoms with van der Waals surface area (Å²) in [6.07, 6.45) is 2.93. The second kappa shape index (κ2) is 6.74. The van der Waals surface area contributed by atoms with Crippen molar-refractivity contribution in [3.63, 3.8) is 0 Å². The highest BCUT2D eigenvalue weighted by Crippen LogP contribution is 2.36. The van der Waals surface area contributed by atoms with Gasteiger partial charge in [-0.15, -0.1) is 0 Å². The van der Waals surface area contributed by atoms with Crippen LogP contribution in [-0.4, -0.2) is 28.6 Å². The van der Waals surface area contributed by atoms with Crippen molar-refractivity contribution in [2.24, 2.45) is 5.92 Å². The molecule has 116 valence electrons. The van der Waals surface area contributed by atoms with E-state index in [9.17, 15) is 9.59 Å². The van der Waals surface area contributed by atoms with Crippen LogP contribution < -0.4 is 0 Å². The number of aromatic nitrogens is 1. The van der Waals surface area contributed by atoms with Crippen LogP contribution in [0.4, 0.5) is 0 Å². The van der Waals surface area contributed by atoms with E-state index in [1.807, 2.05) is 0 Å². The van der Waals surface area contributed by atoms with Gasteiger partial charge in [0.25, 0.3) is 0 Å². The van der Waals surface area contributed by atoms with E-state index >= 15 is 0 Å². The Bertz CT molecular complexity index is 514. The zero-order valence-corrected chi connectivity index (χ0v) is 12.4. The van der Waals surface area contributed by atoms with Crippen molar-refractivity contribution in [1.29, 1.82) is 0 Å². The second-order valence-electron chi connectivity index (χ2n) is 5.42. The smallest absolute Gasteiger partial charge is 0.311 e. The summed E-state index contributed by atoms with van der Waals surface area (Å²) in [5.74, 6) is 0.121. The third-order valence-corrected chi connectivity index (χ3v) is 3.95. The molecule has 6 heteroatoms. The molecule has 2 rings (SSSR count). The average Bonchev–Trinajstić information content (AvgIpc) is 2.80. The predicted molar refractivity (Wildman–Crippen MR) is 73.9 cm³/mol. The molecule has 0 aromatic carbocycles. The standard InChI is InChI=1S/C15H21NO5/c1-3-20-13(17)8-12-9(2)21-14(16-12)10-4-6-11(7-5-10)15(18)19/h10-11H,3-8H2,1-2H3,(H,18,19). The summed E-state index contributed by atoms with van der Waals surface area (Å²) in [6, 6.07) is 0. The molecule has 0 atom stereocenters. The molecule has 0 amide bonds. The molecule has 0 bridgehead atoms. The van der Waals surface area contributed by atoms with Gasteiger partial charge in [0, 0.05) is 5.92 Å². The lowest BCUT2D eigenvalue weighted by Crippen LogP contribution is -2.20. The van der Waals surface area contributed by atoms with Gasteiger partial charge in [0.2, 0.25) is 0 Å². The summed E-state index contributed by atoms with van der Waals surface area (Å²) >= 11 is 0. The minimum Gasteiger partial charge on any atom is -0.481 e. The molecule has 0 spiro atoms. The predicted octanol–water partition coefficient (Wildman–Crippen LogP) is 2.45. The van der Waals surface area contributed by atoms with E-state index in [0.29, 0.717) is 36.8 Å². The molecular formula is C15H21NO5. The number of nitrogens with zero attached hydrogens (tertiary/aromatic N) is 1. The zero-order valence-electron chi connectivity index (χ0n) is 12.4. The highest BCUT2D eigenvalue weighted by Gasteiger charge is 2.30. The van der Waals surface area contributed by atoms with Crippen LogP contribution >= 0.6 is 0 Å². The lowest BCUT2D eigenvalue weighted by Gasteiger charge is -2.23. The number of aliphatic carboxylic acids is 1. The van der Waals surface area contributed by atoms with Crippen molar-refractivity contribution in [3.05, 3.63) is 17.3 Å². The number of carboxylic acid groups (broad SMARTS) is 1. The first-order valence-corrected chi connectivity index (χ1v) is 7.35. The molecule has 1 N–H and O–H groups in total. The lowest BCUT2D eigenvalue weighted by atomic mass is 9.82. The minimum absolute atomic E-state index is 0.119. The molecule has 1 aromatic rings. The summed E-state index contributed by atoms with van der Waals surface area (Å²) in [4.78, 5) is 26.9. The average molecular weight is 295 g/mol. The summed E-state index contributed by atoms with van der Waals surface area (Å²) in [7, 11) is 0. The Morgan fingerprint density at radius 3 is 2.57 bits per heavy atom. The lowest BCUT2D eigenvalue weighted by molar-refractivity contribution is -0.143. The largest absolute Gasteiger partial charge is 0.481 e. The monoisotopic (exact) mass is 295 g/mol. The summed E-state index contributed by atoms with van der Waals surface area (Å²) in [5, 5.41) is 9.00. The third-order valence-electron chi connectivity index (χ3n) is 3.95. The molecule has 6 nitrogen and oxygen atoms in total. The molecule has 0 radical (unpaired) electrons. The fourth-order valence-electron chi connectivity index (χ4n) is 2.72. The van der Waals surface area contributed by atoms with E-state index in [1.54, 1.807) is 13.8 Å². The maximum Gasteiger partial charge on any atom is 0.311 e. The van der Waals surface area contributed by atoms with Crippen molar-refractivity contribution in [3.8, 4) is 0 Å². The second-order valence-corrected chi connectivity index (χ2v) is 5.42. The zero-order chi connectivity index (χ0) is 15.4. The SMILES string of the molecule is CCOC(=O)Cc1nc(C2CCC(C(=O)O)CC2)oc1C. The highest BCUT2D eigenvalue weighted by atomic mass is 16.5. The molecular weight excluding hydrogens is 274 g/mol. The number of hydrogen-bond donors (Lipinski definition) is 1. The Labute approximate surface area is 123 Å². The van der Waals surface area contributed by atoms with Gasteiger partial charge in [-0.05, 0) is 39.5 Å². The van der Waals surface area contributed by atoms with Crippen LogP contribution in [0.15, 0.2) is 4.42 Å². The molecule has 1 aliphatic rings. The van der Waals surface area contributed by atoms with Crippen LogP contribution in [-0.2, 0) is 20.7 Å². The molecule has 1 saturated carbocycles. The minimum atomic E-state index is -0.722. The van der Waals surface area contributed by atoms with E-state index in [0.717, 1.165) is 12.8 Å². The first-order chi connectivity index (χ1) is 10.0. The van der Waals surface area contributed by atoms with Crippen molar-refractivity contribution in [1.82, 2.24) is 4.98 Å². The van der Waals surface area contributed by atoms with Gasteiger partial charge >= 0.3 is 11.9 Å². The van der Waals surface area contributed by atoms with Crippen LogP contribution in [0.3, 0.4) is 0 Å². The third kappa shape index (κ3) is 3.83. The summed E-state index contributed by atoms with van der Waals surface area (Å²) < 4.78 is 10.6. The Morgan fingerprint density at radius 1 is 1.33 bits per heavy atom. The molecule has 1 fully saturated rings. The number of esters is 1. The number of aryl methyl sites for hydroxylation is 1. The molecule has 0 saturated heterocycles. The topological polar surface area (TPSA) is 89.6 Å². The Kier molecular flexibility index (Phi) is 4.98. The van der Waals surface area contributed by atoms with Gasteiger partial charge in [0.15, 0.2) is 5.89 Å². The molecule has 1 aromatic heterocycles. The highest BCUT2D eigenvalue weighted by molar-refractivity contribution is 5.72. The maximum absolute atomic E-state index is 11.5. The number of rotatable bonds is 5. The van der Waals surface area contributed by atoms with E-state index in [2.05, 4.69) is 4.98 Å². The van der Waals surface area contributed by atoms with Gasteiger partial charge in [-0.1, -0.05) is 0 Å². The van der Waals surface area contributed by atoms with E-state index in [1.165, 1.54) is 0 Å². The fourth-order valence-corrected chi connectivity index (χ4v) is 2.72. The van der Waals surface area contributed by atoms with E-state index in [4.69, 9.17) is 14.3 Å². The van der Waals surface area contributed by atoms with Gasteiger partial charge in [-0.2, -0.15) is 0 Å². The van der Waals surface area contributed by atoms with Gasteiger partial charge < -0.3 is 14.3 Å². The summed E-state index contributed by atoms with van der Waals surface area (Å²) in [6.45, 7) is 3.90.